The minimum absolute atomic E-state index is 0.0902. The molecule has 2 aromatic rings. The number of hydrogen-bond acceptors (Lipinski definition) is 2. The van der Waals surface area contributed by atoms with Crippen LogP contribution < -0.4 is 5.32 Å². The first kappa shape index (κ1) is 20.0. The van der Waals surface area contributed by atoms with Gasteiger partial charge in [0.2, 0.25) is 0 Å². The number of anilines is 1. The molecule has 3 rings (SSSR count). The summed E-state index contributed by atoms with van der Waals surface area (Å²) in [6.45, 7) is 0.399. The second kappa shape index (κ2) is 8.08. The summed E-state index contributed by atoms with van der Waals surface area (Å²) in [5.74, 6) is -0.498. The Morgan fingerprint density at radius 3 is 2.50 bits per heavy atom. The number of hydrogen-bond donors (Lipinski definition) is 2. The molecule has 1 aliphatic heterocycles. The van der Waals surface area contributed by atoms with Crippen LogP contribution in [0.4, 0.5) is 28.0 Å². The summed E-state index contributed by atoms with van der Waals surface area (Å²) in [6, 6.07) is 9.03. The summed E-state index contributed by atoms with van der Waals surface area (Å²) in [6.07, 6.45) is -3.63. The van der Waals surface area contributed by atoms with Gasteiger partial charge in [0.05, 0.1) is 5.56 Å². The number of carbonyl (C=O) groups is 1. The lowest BCUT2D eigenvalue weighted by Gasteiger charge is -2.35. The molecule has 0 bridgehead atoms. The SMILES string of the molecule is O=C(O)N1CCCCC1Nc1cccc(F)c1Cc1ccc(C(F)(F)F)cc1. The maximum Gasteiger partial charge on any atom is 0.416 e. The summed E-state index contributed by atoms with van der Waals surface area (Å²) >= 11 is 0. The van der Waals surface area contributed by atoms with Gasteiger partial charge in [-0.3, -0.25) is 4.90 Å². The van der Waals surface area contributed by atoms with Crippen molar-refractivity contribution in [2.45, 2.75) is 38.0 Å². The lowest BCUT2D eigenvalue weighted by Crippen LogP contribution is -2.47. The van der Waals surface area contributed by atoms with Crippen molar-refractivity contribution in [3.8, 4) is 0 Å². The number of likely N-dealkylation sites (tertiary alicyclic amines) is 1. The third kappa shape index (κ3) is 4.55. The average molecular weight is 396 g/mol. The molecule has 0 spiro atoms. The molecule has 1 atom stereocenters. The smallest absolute Gasteiger partial charge is 0.416 e. The molecule has 1 fully saturated rings. The zero-order valence-corrected chi connectivity index (χ0v) is 15.0. The number of carboxylic acid groups (broad SMARTS) is 1. The molecule has 1 amide bonds. The fraction of sp³-hybridized carbons (Fsp3) is 0.350. The van der Waals surface area contributed by atoms with Crippen molar-refractivity contribution in [1.82, 2.24) is 4.90 Å². The van der Waals surface area contributed by atoms with Gasteiger partial charge in [-0.05, 0) is 49.1 Å². The highest BCUT2D eigenvalue weighted by atomic mass is 19.4. The lowest BCUT2D eigenvalue weighted by molar-refractivity contribution is -0.137. The van der Waals surface area contributed by atoms with E-state index in [0.29, 0.717) is 24.2 Å². The van der Waals surface area contributed by atoms with E-state index in [1.54, 1.807) is 6.07 Å². The summed E-state index contributed by atoms with van der Waals surface area (Å²) in [5.41, 5.74) is 0.499. The highest BCUT2D eigenvalue weighted by Gasteiger charge is 2.30. The Kier molecular flexibility index (Phi) is 5.76. The molecule has 1 unspecified atom stereocenters. The molecule has 1 saturated heterocycles. The molecular formula is C20H20F4N2O2. The standard InChI is InChI=1S/C20H20F4N2O2/c21-16-4-3-5-17(25-18-6-1-2-11-26(18)19(27)28)15(16)12-13-7-9-14(10-8-13)20(22,23)24/h3-5,7-10,18,25H,1-2,6,11-12H2,(H,27,28). The lowest BCUT2D eigenvalue weighted by atomic mass is 10.0. The summed E-state index contributed by atoms with van der Waals surface area (Å²) in [7, 11) is 0. The van der Waals surface area contributed by atoms with E-state index in [0.717, 1.165) is 25.0 Å². The zero-order chi connectivity index (χ0) is 20.3. The van der Waals surface area contributed by atoms with Gasteiger partial charge in [0.25, 0.3) is 0 Å². The molecule has 4 nitrogen and oxygen atoms in total. The highest BCUT2D eigenvalue weighted by molar-refractivity contribution is 5.66. The van der Waals surface area contributed by atoms with Crippen LogP contribution in [0, 0.1) is 5.82 Å². The van der Waals surface area contributed by atoms with Crippen LogP contribution in [0.5, 0.6) is 0 Å². The van der Waals surface area contributed by atoms with Crippen molar-refractivity contribution in [3.05, 3.63) is 65.0 Å². The largest absolute Gasteiger partial charge is 0.465 e. The number of nitrogens with one attached hydrogen (secondary N) is 1. The van der Waals surface area contributed by atoms with E-state index in [1.165, 1.54) is 29.2 Å². The van der Waals surface area contributed by atoms with Gasteiger partial charge in [-0.25, -0.2) is 9.18 Å². The summed E-state index contributed by atoms with van der Waals surface area (Å²) < 4.78 is 52.6. The maximum atomic E-state index is 14.5. The molecule has 8 heteroatoms. The number of nitrogens with zero attached hydrogens (tertiary/aromatic N) is 1. The zero-order valence-electron chi connectivity index (χ0n) is 15.0. The first-order chi connectivity index (χ1) is 13.3. The van der Waals surface area contributed by atoms with E-state index in [2.05, 4.69) is 5.32 Å². The Morgan fingerprint density at radius 2 is 1.86 bits per heavy atom. The normalized spacial score (nSPS) is 17.4. The van der Waals surface area contributed by atoms with Gasteiger partial charge in [0.1, 0.15) is 12.0 Å². The molecule has 0 radical (unpaired) electrons. The number of halogens is 4. The number of amides is 1. The van der Waals surface area contributed by atoms with Crippen LogP contribution in [-0.4, -0.2) is 28.8 Å². The molecule has 1 heterocycles. The molecule has 150 valence electrons. The van der Waals surface area contributed by atoms with Crippen molar-refractivity contribution in [3.63, 3.8) is 0 Å². The molecule has 0 saturated carbocycles. The maximum absolute atomic E-state index is 14.5. The topological polar surface area (TPSA) is 52.6 Å². The van der Waals surface area contributed by atoms with E-state index >= 15 is 0 Å². The van der Waals surface area contributed by atoms with Crippen molar-refractivity contribution in [2.24, 2.45) is 0 Å². The van der Waals surface area contributed by atoms with E-state index in [1.807, 2.05) is 0 Å². The molecule has 2 aromatic carbocycles. The monoisotopic (exact) mass is 396 g/mol. The number of alkyl halides is 3. The van der Waals surface area contributed by atoms with E-state index < -0.39 is 29.8 Å². The van der Waals surface area contributed by atoms with Crippen LogP contribution in [0.25, 0.3) is 0 Å². The molecule has 1 aliphatic rings. The number of rotatable bonds is 4. The minimum atomic E-state index is -4.43. The van der Waals surface area contributed by atoms with Gasteiger partial charge in [0.15, 0.2) is 0 Å². The van der Waals surface area contributed by atoms with Crippen LogP contribution in [0.1, 0.15) is 36.0 Å². The predicted octanol–water partition coefficient (Wildman–Crippen LogP) is 5.34. The van der Waals surface area contributed by atoms with Gasteiger partial charge < -0.3 is 10.4 Å². The van der Waals surface area contributed by atoms with E-state index in [9.17, 15) is 27.5 Å². The van der Waals surface area contributed by atoms with Crippen molar-refractivity contribution >= 4 is 11.8 Å². The van der Waals surface area contributed by atoms with Crippen LogP contribution >= 0.6 is 0 Å². The van der Waals surface area contributed by atoms with E-state index in [4.69, 9.17) is 0 Å². The fourth-order valence-electron chi connectivity index (χ4n) is 3.38. The number of benzene rings is 2. The number of piperidine rings is 1. The van der Waals surface area contributed by atoms with Crippen molar-refractivity contribution < 1.29 is 27.5 Å². The Labute approximate surface area is 159 Å². The van der Waals surface area contributed by atoms with Gasteiger partial charge >= 0.3 is 12.3 Å². The third-order valence-electron chi connectivity index (χ3n) is 4.85. The molecular weight excluding hydrogens is 376 g/mol. The first-order valence-electron chi connectivity index (χ1n) is 8.95. The van der Waals surface area contributed by atoms with Crippen LogP contribution in [-0.2, 0) is 12.6 Å². The van der Waals surface area contributed by atoms with Crippen molar-refractivity contribution in [2.75, 3.05) is 11.9 Å². The highest BCUT2D eigenvalue weighted by Crippen LogP contribution is 2.30. The third-order valence-corrected chi connectivity index (χ3v) is 4.85. The van der Waals surface area contributed by atoms with Crippen LogP contribution in [0.15, 0.2) is 42.5 Å². The molecule has 0 aliphatic carbocycles. The van der Waals surface area contributed by atoms with Gasteiger partial charge in [-0.15, -0.1) is 0 Å². The Balaban J connectivity index is 1.83. The Bertz CT molecular complexity index is 837. The predicted molar refractivity (Wildman–Crippen MR) is 96.6 cm³/mol. The van der Waals surface area contributed by atoms with E-state index in [-0.39, 0.29) is 12.0 Å². The Morgan fingerprint density at radius 1 is 1.14 bits per heavy atom. The van der Waals surface area contributed by atoms with Gasteiger partial charge in [-0.2, -0.15) is 13.2 Å². The minimum Gasteiger partial charge on any atom is -0.465 e. The van der Waals surface area contributed by atoms with Gasteiger partial charge in [-0.1, -0.05) is 18.2 Å². The first-order valence-corrected chi connectivity index (χ1v) is 8.95. The second-order valence-electron chi connectivity index (χ2n) is 6.77. The van der Waals surface area contributed by atoms with Gasteiger partial charge in [0, 0.05) is 24.2 Å². The van der Waals surface area contributed by atoms with Crippen LogP contribution in [0.3, 0.4) is 0 Å². The quantitative estimate of drug-likeness (QED) is 0.686. The average Bonchev–Trinajstić information content (AvgIpc) is 2.64. The molecule has 0 aromatic heterocycles. The fourth-order valence-corrected chi connectivity index (χ4v) is 3.38. The second-order valence-corrected chi connectivity index (χ2v) is 6.77. The van der Waals surface area contributed by atoms with Crippen molar-refractivity contribution in [1.29, 1.82) is 0 Å². The molecule has 2 N–H and O–H groups in total. The molecule has 28 heavy (non-hydrogen) atoms. The summed E-state index contributed by atoms with van der Waals surface area (Å²) in [4.78, 5) is 12.7. The Hall–Kier alpha value is -2.77. The summed E-state index contributed by atoms with van der Waals surface area (Å²) in [5, 5.41) is 12.5. The van der Waals surface area contributed by atoms with Crippen LogP contribution in [0.2, 0.25) is 0 Å².